The molecule has 2 nitrogen and oxygen atoms in total. The highest BCUT2D eigenvalue weighted by Gasteiger charge is 2.48. The van der Waals surface area contributed by atoms with E-state index in [0.29, 0.717) is 0 Å². The molecule has 2 N–H and O–H groups in total. The molecule has 1 aliphatic carbocycles. The minimum atomic E-state index is 0.0908. The summed E-state index contributed by atoms with van der Waals surface area (Å²) in [5.74, 6) is 0. The summed E-state index contributed by atoms with van der Waals surface area (Å²) < 4.78 is 0. The van der Waals surface area contributed by atoms with Gasteiger partial charge in [-0.3, -0.25) is 4.90 Å². The normalized spacial score (nSPS) is 25.9. The van der Waals surface area contributed by atoms with E-state index in [0.717, 1.165) is 18.1 Å². The zero-order valence-electron chi connectivity index (χ0n) is 13.0. The molecule has 1 aromatic carbocycles. The van der Waals surface area contributed by atoms with E-state index in [-0.39, 0.29) is 11.0 Å². The fraction of sp³-hybridized carbons (Fsp3) is 0.647. The fourth-order valence-corrected chi connectivity index (χ4v) is 4.07. The van der Waals surface area contributed by atoms with E-state index in [1.807, 2.05) is 12.1 Å². The largest absolute Gasteiger partial charge is 0.329 e. The molecule has 0 heterocycles. The van der Waals surface area contributed by atoms with Gasteiger partial charge in [0.2, 0.25) is 0 Å². The average molecular weight is 295 g/mol. The van der Waals surface area contributed by atoms with Crippen LogP contribution in [-0.4, -0.2) is 24.0 Å². The molecule has 0 spiro atoms. The number of rotatable bonds is 4. The van der Waals surface area contributed by atoms with Gasteiger partial charge < -0.3 is 5.73 Å². The van der Waals surface area contributed by atoms with Crippen LogP contribution in [0.1, 0.15) is 45.1 Å². The number of halogens is 1. The Balaban J connectivity index is 2.22. The maximum Gasteiger partial charge on any atom is 0.0409 e. The molecule has 1 aromatic rings. The highest BCUT2D eigenvalue weighted by atomic mass is 35.5. The summed E-state index contributed by atoms with van der Waals surface area (Å²) in [5.41, 5.74) is 7.84. The average Bonchev–Trinajstić information content (AvgIpc) is 2.38. The number of hydrogen-bond donors (Lipinski definition) is 1. The molecule has 1 aliphatic rings. The molecule has 1 fully saturated rings. The second kappa shape index (κ2) is 6.05. The molecule has 20 heavy (non-hydrogen) atoms. The summed E-state index contributed by atoms with van der Waals surface area (Å²) in [6, 6.07) is 8.14. The van der Waals surface area contributed by atoms with Gasteiger partial charge in [0.1, 0.15) is 0 Å². The predicted molar refractivity (Wildman–Crippen MR) is 87.0 cm³/mol. The minimum Gasteiger partial charge on any atom is -0.329 e. The van der Waals surface area contributed by atoms with Crippen LogP contribution in [0.15, 0.2) is 24.3 Å². The van der Waals surface area contributed by atoms with Crippen molar-refractivity contribution in [2.75, 3.05) is 13.6 Å². The van der Waals surface area contributed by atoms with Crippen LogP contribution < -0.4 is 5.73 Å². The van der Waals surface area contributed by atoms with Gasteiger partial charge in [-0.25, -0.2) is 0 Å². The van der Waals surface area contributed by atoms with Crippen molar-refractivity contribution in [3.63, 3.8) is 0 Å². The number of nitrogens with two attached hydrogens (primary N) is 1. The number of likely N-dealkylation sites (N-methyl/N-ethyl adjacent to an activating group) is 1. The van der Waals surface area contributed by atoms with Gasteiger partial charge in [-0.05, 0) is 43.0 Å². The van der Waals surface area contributed by atoms with Crippen molar-refractivity contribution in [2.24, 2.45) is 11.1 Å². The van der Waals surface area contributed by atoms with Gasteiger partial charge >= 0.3 is 0 Å². The van der Waals surface area contributed by atoms with Crippen molar-refractivity contribution >= 4 is 11.6 Å². The van der Waals surface area contributed by atoms with E-state index in [1.54, 1.807) is 0 Å². The Kier molecular flexibility index (Phi) is 4.78. The maximum absolute atomic E-state index is 6.23. The summed E-state index contributed by atoms with van der Waals surface area (Å²) in [5, 5.41) is 0.806. The second-order valence-electron chi connectivity index (χ2n) is 6.81. The van der Waals surface area contributed by atoms with Crippen LogP contribution in [0.4, 0.5) is 0 Å². The standard InChI is InChI=1S/C17H27ClN2/c1-16(2)9-4-5-10-17(16,13-19)20(3)12-14-7-6-8-15(18)11-14/h6-8,11H,4-5,9-10,12-13,19H2,1-3H3. The van der Waals surface area contributed by atoms with E-state index < -0.39 is 0 Å². The molecule has 2 rings (SSSR count). The first-order chi connectivity index (χ1) is 9.41. The summed E-state index contributed by atoms with van der Waals surface area (Å²) in [7, 11) is 2.21. The lowest BCUT2D eigenvalue weighted by atomic mass is 9.62. The van der Waals surface area contributed by atoms with Crippen LogP contribution >= 0.6 is 11.6 Å². The molecule has 0 aliphatic heterocycles. The van der Waals surface area contributed by atoms with Gasteiger partial charge in [0.25, 0.3) is 0 Å². The molecule has 0 amide bonds. The van der Waals surface area contributed by atoms with Crippen LogP contribution in [-0.2, 0) is 6.54 Å². The van der Waals surface area contributed by atoms with Crippen molar-refractivity contribution in [2.45, 2.75) is 51.6 Å². The smallest absolute Gasteiger partial charge is 0.0409 e. The summed E-state index contributed by atoms with van der Waals surface area (Å²) in [6.07, 6.45) is 5.04. The first-order valence-corrected chi connectivity index (χ1v) is 7.95. The van der Waals surface area contributed by atoms with Gasteiger partial charge in [0.05, 0.1) is 0 Å². The topological polar surface area (TPSA) is 29.3 Å². The summed E-state index contributed by atoms with van der Waals surface area (Å²) in [4.78, 5) is 2.46. The predicted octanol–water partition coefficient (Wildman–Crippen LogP) is 4.07. The van der Waals surface area contributed by atoms with E-state index in [1.165, 1.54) is 31.2 Å². The first kappa shape index (κ1) is 15.8. The number of nitrogens with zero attached hydrogens (tertiary/aromatic N) is 1. The maximum atomic E-state index is 6.23. The third-order valence-corrected chi connectivity index (χ3v) is 5.51. The lowest BCUT2D eigenvalue weighted by molar-refractivity contribution is -0.0334. The molecule has 1 saturated carbocycles. The van der Waals surface area contributed by atoms with Crippen LogP contribution in [0.5, 0.6) is 0 Å². The van der Waals surface area contributed by atoms with E-state index in [2.05, 4.69) is 37.9 Å². The fourth-order valence-electron chi connectivity index (χ4n) is 3.86. The zero-order chi connectivity index (χ0) is 14.8. The Bertz CT molecular complexity index is 458. The lowest BCUT2D eigenvalue weighted by Gasteiger charge is -2.55. The Morgan fingerprint density at radius 2 is 1.95 bits per heavy atom. The highest BCUT2D eigenvalue weighted by molar-refractivity contribution is 6.30. The molecule has 0 bridgehead atoms. The van der Waals surface area contributed by atoms with E-state index in [4.69, 9.17) is 17.3 Å². The van der Waals surface area contributed by atoms with Gasteiger partial charge in [0.15, 0.2) is 0 Å². The molecule has 0 saturated heterocycles. The van der Waals surface area contributed by atoms with Crippen molar-refractivity contribution in [1.82, 2.24) is 4.90 Å². The molecule has 3 heteroatoms. The number of benzene rings is 1. The van der Waals surface area contributed by atoms with Crippen molar-refractivity contribution in [3.8, 4) is 0 Å². The van der Waals surface area contributed by atoms with Crippen LogP contribution in [0.3, 0.4) is 0 Å². The highest BCUT2D eigenvalue weighted by Crippen LogP contribution is 2.46. The van der Waals surface area contributed by atoms with Gasteiger partial charge in [-0.1, -0.05) is 50.4 Å². The zero-order valence-corrected chi connectivity index (χ0v) is 13.7. The van der Waals surface area contributed by atoms with Gasteiger partial charge in [-0.15, -0.1) is 0 Å². The Morgan fingerprint density at radius 3 is 2.55 bits per heavy atom. The molecule has 0 radical (unpaired) electrons. The number of hydrogen-bond acceptors (Lipinski definition) is 2. The molecule has 0 aromatic heterocycles. The Hall–Kier alpha value is -0.570. The summed E-state index contributed by atoms with van der Waals surface area (Å²) in [6.45, 7) is 6.36. The molecular weight excluding hydrogens is 268 g/mol. The Morgan fingerprint density at radius 1 is 1.25 bits per heavy atom. The molecule has 1 atom stereocenters. The quantitative estimate of drug-likeness (QED) is 0.907. The minimum absolute atomic E-state index is 0.0908. The van der Waals surface area contributed by atoms with Crippen molar-refractivity contribution in [1.29, 1.82) is 0 Å². The van der Waals surface area contributed by atoms with Crippen LogP contribution in [0.25, 0.3) is 0 Å². The van der Waals surface area contributed by atoms with Crippen molar-refractivity contribution < 1.29 is 0 Å². The van der Waals surface area contributed by atoms with Gasteiger partial charge in [-0.2, -0.15) is 0 Å². The van der Waals surface area contributed by atoms with Crippen LogP contribution in [0, 0.1) is 5.41 Å². The molecular formula is C17H27ClN2. The summed E-state index contributed by atoms with van der Waals surface area (Å²) >= 11 is 6.10. The van der Waals surface area contributed by atoms with E-state index >= 15 is 0 Å². The molecule has 1 unspecified atom stereocenters. The molecule has 112 valence electrons. The lowest BCUT2D eigenvalue weighted by Crippen LogP contribution is -2.62. The van der Waals surface area contributed by atoms with Crippen molar-refractivity contribution in [3.05, 3.63) is 34.9 Å². The van der Waals surface area contributed by atoms with E-state index in [9.17, 15) is 0 Å². The Labute approximate surface area is 128 Å². The third kappa shape index (κ3) is 2.88. The van der Waals surface area contributed by atoms with Gasteiger partial charge in [0, 0.05) is 23.7 Å². The SMILES string of the molecule is CN(Cc1cccc(Cl)c1)C1(CN)CCCCC1(C)C. The first-order valence-electron chi connectivity index (χ1n) is 7.57. The second-order valence-corrected chi connectivity index (χ2v) is 7.25. The third-order valence-electron chi connectivity index (χ3n) is 5.28. The van der Waals surface area contributed by atoms with Crippen LogP contribution in [0.2, 0.25) is 5.02 Å². The monoisotopic (exact) mass is 294 g/mol.